The second kappa shape index (κ2) is 2.80. The maximum absolute atomic E-state index is 10.8. The van der Waals surface area contributed by atoms with Crippen molar-refractivity contribution in [3.05, 3.63) is 18.4 Å². The molecule has 0 spiro atoms. The molecule has 0 bridgehead atoms. The minimum Gasteiger partial charge on any atom is -0.454 e. The topological polar surface area (TPSA) is 42.2 Å². The van der Waals surface area contributed by atoms with Gasteiger partial charge in [-0.3, -0.25) is 0 Å². The van der Waals surface area contributed by atoms with Crippen LogP contribution < -0.4 is 4.72 Å². The fourth-order valence-corrected chi connectivity index (χ4v) is 1.02. The van der Waals surface area contributed by atoms with Gasteiger partial charge in [0.25, 0.3) is 0 Å². The van der Waals surface area contributed by atoms with Crippen molar-refractivity contribution < 1.29 is 8.63 Å². The molecule has 0 saturated carbocycles. The molecule has 1 aromatic heterocycles. The van der Waals surface area contributed by atoms with Crippen LogP contribution >= 0.6 is 0 Å². The van der Waals surface area contributed by atoms with Crippen LogP contribution in [0.4, 0.5) is 0 Å². The summed E-state index contributed by atoms with van der Waals surface area (Å²) in [6.07, 6.45) is 1.49. The molecule has 1 N–H and O–H groups in total. The molecule has 1 heterocycles. The number of furan rings is 1. The summed E-state index contributed by atoms with van der Waals surface area (Å²) in [5.41, 5.74) is 0. The van der Waals surface area contributed by atoms with Gasteiger partial charge in [0.2, 0.25) is 5.09 Å². The Bertz CT molecular complexity index is 195. The molecule has 1 aromatic rings. The van der Waals surface area contributed by atoms with Gasteiger partial charge in [-0.05, 0) is 19.2 Å². The molecule has 0 aliphatic heterocycles. The Labute approximate surface area is 55.7 Å². The summed E-state index contributed by atoms with van der Waals surface area (Å²) in [7, 11) is 0.434. The number of hydrogen-bond acceptors (Lipinski definition) is 2. The monoisotopic (exact) mass is 145 g/mol. The van der Waals surface area contributed by atoms with Gasteiger partial charge in [0.1, 0.15) is 0 Å². The SMILES string of the molecule is CNS(=O)c1ccco1. The van der Waals surface area contributed by atoms with Gasteiger partial charge in [-0.1, -0.05) is 0 Å². The third kappa shape index (κ3) is 1.40. The summed E-state index contributed by atoms with van der Waals surface area (Å²) in [5.74, 6) is 0. The van der Waals surface area contributed by atoms with Gasteiger partial charge >= 0.3 is 0 Å². The summed E-state index contributed by atoms with van der Waals surface area (Å²) in [6, 6.07) is 3.36. The second-order valence-corrected chi connectivity index (χ2v) is 2.75. The first kappa shape index (κ1) is 6.51. The summed E-state index contributed by atoms with van der Waals surface area (Å²) in [4.78, 5) is 0. The van der Waals surface area contributed by atoms with E-state index in [1.54, 1.807) is 19.2 Å². The van der Waals surface area contributed by atoms with Crippen LogP contribution in [-0.2, 0) is 11.0 Å². The van der Waals surface area contributed by atoms with Crippen LogP contribution in [0.15, 0.2) is 27.9 Å². The average Bonchev–Trinajstić information content (AvgIpc) is 2.37. The van der Waals surface area contributed by atoms with Gasteiger partial charge in [-0.2, -0.15) is 0 Å². The van der Waals surface area contributed by atoms with Crippen molar-refractivity contribution in [1.82, 2.24) is 4.72 Å². The summed E-state index contributed by atoms with van der Waals surface area (Å²) >= 11 is 0. The molecule has 0 radical (unpaired) electrons. The first-order chi connectivity index (χ1) is 4.34. The molecule has 1 atom stereocenters. The van der Waals surface area contributed by atoms with Crippen LogP contribution in [0.1, 0.15) is 0 Å². The van der Waals surface area contributed by atoms with Crippen molar-refractivity contribution in [2.75, 3.05) is 7.05 Å². The lowest BCUT2D eigenvalue weighted by atomic mass is 10.7. The third-order valence-corrected chi connectivity index (χ3v) is 1.83. The molecule has 0 saturated heterocycles. The van der Waals surface area contributed by atoms with Crippen molar-refractivity contribution in [3.8, 4) is 0 Å². The number of hydrogen-bond donors (Lipinski definition) is 1. The molecule has 0 amide bonds. The molecule has 3 nitrogen and oxygen atoms in total. The second-order valence-electron chi connectivity index (χ2n) is 1.40. The zero-order valence-electron chi connectivity index (χ0n) is 4.96. The minimum absolute atomic E-state index is 0.456. The zero-order chi connectivity index (χ0) is 6.69. The molecule has 0 aliphatic rings. The highest BCUT2D eigenvalue weighted by Crippen LogP contribution is 2.02. The Kier molecular flexibility index (Phi) is 2.02. The highest BCUT2D eigenvalue weighted by molar-refractivity contribution is 7.82. The van der Waals surface area contributed by atoms with E-state index >= 15 is 0 Å². The van der Waals surface area contributed by atoms with E-state index in [0.29, 0.717) is 5.09 Å². The predicted molar refractivity (Wildman–Crippen MR) is 34.2 cm³/mol. The molecule has 50 valence electrons. The van der Waals surface area contributed by atoms with E-state index < -0.39 is 11.0 Å². The van der Waals surface area contributed by atoms with Gasteiger partial charge < -0.3 is 4.42 Å². The number of nitrogens with one attached hydrogen (secondary N) is 1. The van der Waals surface area contributed by atoms with E-state index in [1.807, 2.05) is 0 Å². The molecule has 0 aliphatic carbocycles. The molecule has 1 rings (SSSR count). The lowest BCUT2D eigenvalue weighted by Gasteiger charge is -1.90. The van der Waals surface area contributed by atoms with E-state index in [-0.39, 0.29) is 0 Å². The van der Waals surface area contributed by atoms with Crippen LogP contribution in [0.25, 0.3) is 0 Å². The van der Waals surface area contributed by atoms with E-state index in [4.69, 9.17) is 4.42 Å². The largest absolute Gasteiger partial charge is 0.454 e. The quantitative estimate of drug-likeness (QED) is 0.659. The normalized spacial score (nSPS) is 13.4. The summed E-state index contributed by atoms with van der Waals surface area (Å²) < 4.78 is 18.2. The lowest BCUT2D eigenvalue weighted by molar-refractivity contribution is 0.464. The van der Waals surface area contributed by atoms with E-state index in [1.165, 1.54) is 6.26 Å². The van der Waals surface area contributed by atoms with Crippen molar-refractivity contribution >= 4 is 11.0 Å². The van der Waals surface area contributed by atoms with E-state index in [0.717, 1.165) is 0 Å². The maximum Gasteiger partial charge on any atom is 0.205 e. The van der Waals surface area contributed by atoms with Crippen LogP contribution in [0.3, 0.4) is 0 Å². The van der Waals surface area contributed by atoms with Crippen LogP contribution in [0, 0.1) is 0 Å². The lowest BCUT2D eigenvalue weighted by Crippen LogP contribution is -2.09. The van der Waals surface area contributed by atoms with Crippen molar-refractivity contribution in [2.45, 2.75) is 5.09 Å². The molecule has 0 fully saturated rings. The average molecular weight is 145 g/mol. The van der Waals surface area contributed by atoms with Crippen molar-refractivity contribution in [3.63, 3.8) is 0 Å². The predicted octanol–water partition coefficient (Wildman–Crippen LogP) is 0.522. The first-order valence-electron chi connectivity index (χ1n) is 2.47. The van der Waals surface area contributed by atoms with Gasteiger partial charge in [0.15, 0.2) is 11.0 Å². The fourth-order valence-electron chi connectivity index (χ4n) is 0.470. The van der Waals surface area contributed by atoms with Crippen molar-refractivity contribution in [2.24, 2.45) is 0 Å². The summed E-state index contributed by atoms with van der Waals surface area (Å²) in [6.45, 7) is 0. The molecule has 1 unspecified atom stereocenters. The summed E-state index contributed by atoms with van der Waals surface area (Å²) in [5, 5.41) is 0.456. The Morgan fingerprint density at radius 3 is 3.00 bits per heavy atom. The number of rotatable bonds is 2. The minimum atomic E-state index is -1.18. The van der Waals surface area contributed by atoms with Gasteiger partial charge in [0, 0.05) is 0 Å². The molecule has 0 aromatic carbocycles. The fraction of sp³-hybridized carbons (Fsp3) is 0.200. The third-order valence-electron chi connectivity index (χ3n) is 0.863. The smallest absolute Gasteiger partial charge is 0.205 e. The molecular weight excluding hydrogens is 138 g/mol. The van der Waals surface area contributed by atoms with Crippen LogP contribution in [-0.4, -0.2) is 11.3 Å². The molecule has 9 heavy (non-hydrogen) atoms. The van der Waals surface area contributed by atoms with Gasteiger partial charge in [0.05, 0.1) is 6.26 Å². The standard InChI is InChI=1S/C5H7NO2S/c1-6-9(7)5-3-2-4-8-5/h2-4,6H,1H3. The Hall–Kier alpha value is -0.610. The highest BCUT2D eigenvalue weighted by atomic mass is 32.2. The van der Waals surface area contributed by atoms with Gasteiger partial charge in [-0.25, -0.2) is 8.93 Å². The van der Waals surface area contributed by atoms with Gasteiger partial charge in [-0.15, -0.1) is 0 Å². The highest BCUT2D eigenvalue weighted by Gasteiger charge is 2.00. The first-order valence-corrected chi connectivity index (χ1v) is 3.62. The maximum atomic E-state index is 10.8. The van der Waals surface area contributed by atoms with Crippen LogP contribution in [0.5, 0.6) is 0 Å². The van der Waals surface area contributed by atoms with Crippen molar-refractivity contribution in [1.29, 1.82) is 0 Å². The van der Waals surface area contributed by atoms with E-state index in [9.17, 15) is 4.21 Å². The molecular formula is C5H7NO2S. The zero-order valence-corrected chi connectivity index (χ0v) is 5.77. The Balaban J connectivity index is 2.77. The van der Waals surface area contributed by atoms with Crippen LogP contribution in [0.2, 0.25) is 0 Å². The Morgan fingerprint density at radius 1 is 1.78 bits per heavy atom. The molecule has 4 heteroatoms. The van der Waals surface area contributed by atoms with E-state index in [2.05, 4.69) is 4.72 Å². The Morgan fingerprint density at radius 2 is 2.56 bits per heavy atom.